The number of unbranched alkanes of at least 4 members (excludes halogenated alkanes) is 1. The van der Waals surface area contributed by atoms with Crippen molar-refractivity contribution in [3.8, 4) is 0 Å². The molecule has 0 aliphatic heterocycles. The Hall–Kier alpha value is 1.11. The third-order valence-corrected chi connectivity index (χ3v) is 2.56. The van der Waals surface area contributed by atoms with Crippen LogP contribution in [0, 0.1) is 0 Å². The zero-order valence-corrected chi connectivity index (χ0v) is 7.92. The Morgan fingerprint density at radius 2 is 2.12 bits per heavy atom. The molecule has 0 bridgehead atoms. The van der Waals surface area contributed by atoms with Crippen molar-refractivity contribution in [3.05, 3.63) is 0 Å². The Labute approximate surface area is 69.1 Å². The lowest BCUT2D eigenvalue weighted by Gasteiger charge is -1.87. The first kappa shape index (κ1) is 11.9. The molecule has 0 unspecified atom stereocenters. The lowest BCUT2D eigenvalue weighted by molar-refractivity contribution is 0.879. The normalized spacial score (nSPS) is 7.75. The molecule has 0 fully saturated rings. The van der Waals surface area contributed by atoms with E-state index in [1.54, 1.807) is 0 Å². The summed E-state index contributed by atoms with van der Waals surface area (Å²) >= 11 is 6.06. The summed E-state index contributed by atoms with van der Waals surface area (Å²) < 4.78 is 0.917. The molecule has 0 heterocycles. The lowest BCUT2D eigenvalue weighted by Crippen LogP contribution is -1.88. The van der Waals surface area contributed by atoms with Crippen LogP contribution in [0.4, 0.5) is 0 Å². The van der Waals surface area contributed by atoms with Crippen molar-refractivity contribution in [3.63, 3.8) is 0 Å². The van der Waals surface area contributed by atoms with Crippen LogP contribution < -0.4 is 0 Å². The van der Waals surface area contributed by atoms with Crippen molar-refractivity contribution >= 4 is 39.2 Å². The molecule has 0 aromatic heterocycles. The van der Waals surface area contributed by atoms with Crippen molar-refractivity contribution in [2.75, 3.05) is 4.74 Å². The van der Waals surface area contributed by atoms with Crippen molar-refractivity contribution in [2.45, 2.75) is 25.0 Å². The number of halogens is 2. The third-order valence-electron chi connectivity index (χ3n) is 0.871. The van der Waals surface area contributed by atoms with Crippen molar-refractivity contribution in [1.29, 1.82) is 0 Å². The third kappa shape index (κ3) is 10.2. The van der Waals surface area contributed by atoms with Gasteiger partial charge in [-0.1, -0.05) is 19.8 Å². The van der Waals surface area contributed by atoms with Crippen molar-refractivity contribution in [2.24, 2.45) is 0 Å². The van der Waals surface area contributed by atoms with Gasteiger partial charge in [-0.15, -0.1) is 29.3 Å². The fourth-order valence-corrected chi connectivity index (χ4v) is 1.74. The van der Waals surface area contributed by atoms with Gasteiger partial charge < -0.3 is 0 Å². The standard InChI is InChI=1S/C4H9.CH2Cl.Al.ClH/c1-3-4-2;1-2;;/h1,3-4H2,2H3;1H2;;1H. The van der Waals surface area contributed by atoms with E-state index >= 15 is 0 Å². The fraction of sp³-hybridized carbons (Fsp3) is 1.00. The molecule has 1 radical (unpaired) electrons. The summed E-state index contributed by atoms with van der Waals surface area (Å²) in [4.78, 5) is 0. The Kier molecular flexibility index (Phi) is 16.3. The zero-order chi connectivity index (χ0) is 5.54. The van der Waals surface area contributed by atoms with Crippen LogP contribution in [-0.4, -0.2) is 20.0 Å². The maximum Gasteiger partial charge on any atom is 0.224 e. The van der Waals surface area contributed by atoms with Gasteiger partial charge in [-0.3, -0.25) is 0 Å². The Balaban J connectivity index is 0. The minimum atomic E-state index is 0. The molecule has 0 aliphatic carbocycles. The Morgan fingerprint density at radius 3 is 2.50 bits per heavy atom. The first-order chi connectivity index (χ1) is 3.41. The largest absolute Gasteiger partial charge is 0.224 e. The predicted molar refractivity (Wildman–Crippen MR) is 43.4 cm³/mol. The molecule has 3 heteroatoms. The molecular weight excluding hydrogens is 158 g/mol. The Morgan fingerprint density at radius 1 is 1.50 bits per heavy atom. The van der Waals surface area contributed by atoms with E-state index in [4.69, 9.17) is 11.6 Å². The number of alkyl halides is 1. The highest BCUT2D eigenvalue weighted by Gasteiger charge is 1.85. The molecule has 49 valence electrons. The van der Waals surface area contributed by atoms with E-state index < -0.39 is 0 Å². The molecule has 0 aliphatic rings. The quantitative estimate of drug-likeness (QED) is 0.345. The summed E-state index contributed by atoms with van der Waals surface area (Å²) in [5.74, 6) is 0. The first-order valence-corrected chi connectivity index (χ1v) is 4.96. The summed E-state index contributed by atoms with van der Waals surface area (Å²) in [6.07, 6.45) is 2.70. The van der Waals surface area contributed by atoms with E-state index in [-0.39, 0.29) is 12.4 Å². The molecule has 8 heavy (non-hydrogen) atoms. The highest BCUT2D eigenvalue weighted by Crippen LogP contribution is 1.92. The minimum absolute atomic E-state index is 0. The average molecular weight is 170 g/mol. The van der Waals surface area contributed by atoms with E-state index in [1.165, 1.54) is 18.1 Å². The van der Waals surface area contributed by atoms with Crippen molar-refractivity contribution in [1.82, 2.24) is 0 Å². The molecule has 0 atom stereocenters. The number of rotatable bonds is 4. The van der Waals surface area contributed by atoms with Crippen LogP contribution in [0.2, 0.25) is 5.28 Å². The summed E-state index contributed by atoms with van der Waals surface area (Å²) in [7, 11) is 0. The maximum absolute atomic E-state index is 5.47. The molecule has 0 aromatic carbocycles. The molecule has 0 amide bonds. The lowest BCUT2D eigenvalue weighted by atomic mass is 10.4. The highest BCUT2D eigenvalue weighted by molar-refractivity contribution is 6.50. The van der Waals surface area contributed by atoms with Gasteiger partial charge in [0.2, 0.25) is 15.2 Å². The van der Waals surface area contributed by atoms with Crippen LogP contribution in [0.1, 0.15) is 19.8 Å². The summed E-state index contributed by atoms with van der Waals surface area (Å²) in [5.41, 5.74) is 0. The van der Waals surface area contributed by atoms with Gasteiger partial charge in [0, 0.05) is 0 Å². The van der Waals surface area contributed by atoms with Gasteiger partial charge >= 0.3 is 0 Å². The van der Waals surface area contributed by atoms with Gasteiger partial charge in [-0.2, -0.15) is 0 Å². The zero-order valence-electron chi connectivity index (χ0n) is 5.19. The SMILES string of the molecule is CCC[CH2][Al][CH2]Cl.Cl. The van der Waals surface area contributed by atoms with Gasteiger partial charge in [-0.25, -0.2) is 0 Å². The molecule has 0 saturated carbocycles. The molecule has 0 N–H and O–H groups in total. The van der Waals surface area contributed by atoms with Gasteiger partial charge in [0.1, 0.15) is 0 Å². The Bertz CT molecular complexity index is 29.6. The van der Waals surface area contributed by atoms with Crippen LogP contribution in [-0.2, 0) is 0 Å². The van der Waals surface area contributed by atoms with Crippen LogP contribution in [0.25, 0.3) is 0 Å². The van der Waals surface area contributed by atoms with Crippen LogP contribution in [0.3, 0.4) is 0 Å². The van der Waals surface area contributed by atoms with Gasteiger partial charge in [0.05, 0.1) is 0 Å². The van der Waals surface area contributed by atoms with Crippen LogP contribution in [0.5, 0.6) is 0 Å². The van der Waals surface area contributed by atoms with E-state index in [0.717, 1.165) is 4.74 Å². The minimum Gasteiger partial charge on any atom is -0.147 e. The average Bonchev–Trinajstić information content (AvgIpc) is 1.69. The second kappa shape index (κ2) is 11.0. The second-order valence-corrected chi connectivity index (χ2v) is 3.97. The predicted octanol–water partition coefficient (Wildman–Crippen LogP) is 2.53. The molecular formula is C5H12AlCl2. The highest BCUT2D eigenvalue weighted by atomic mass is 35.5. The van der Waals surface area contributed by atoms with Gasteiger partial charge in [0.15, 0.2) is 0 Å². The van der Waals surface area contributed by atoms with E-state index in [9.17, 15) is 0 Å². The monoisotopic (exact) mass is 169 g/mol. The summed E-state index contributed by atoms with van der Waals surface area (Å²) in [5, 5.41) is 1.39. The van der Waals surface area contributed by atoms with Gasteiger partial charge in [-0.05, 0) is 4.74 Å². The maximum atomic E-state index is 5.47. The number of hydrogen-bond donors (Lipinski definition) is 0. The van der Waals surface area contributed by atoms with E-state index in [0.29, 0.717) is 15.2 Å². The molecule has 0 rings (SSSR count). The smallest absolute Gasteiger partial charge is 0.147 e. The van der Waals surface area contributed by atoms with E-state index in [1.807, 2.05) is 0 Å². The second-order valence-electron chi connectivity index (χ2n) is 1.59. The summed E-state index contributed by atoms with van der Waals surface area (Å²) in [6, 6.07) is 0. The molecule has 0 nitrogen and oxygen atoms in total. The van der Waals surface area contributed by atoms with E-state index in [2.05, 4.69) is 6.92 Å². The first-order valence-electron chi connectivity index (χ1n) is 2.79. The molecule has 0 saturated heterocycles. The number of hydrogen-bond acceptors (Lipinski definition) is 0. The molecule has 0 aromatic rings. The fourth-order valence-electron chi connectivity index (χ4n) is 0.426. The van der Waals surface area contributed by atoms with Crippen LogP contribution >= 0.6 is 24.0 Å². The van der Waals surface area contributed by atoms with Gasteiger partial charge in [0.25, 0.3) is 0 Å². The topological polar surface area (TPSA) is 0 Å². The summed E-state index contributed by atoms with van der Waals surface area (Å²) in [6.45, 7) is 2.22. The van der Waals surface area contributed by atoms with Crippen molar-refractivity contribution < 1.29 is 0 Å². The van der Waals surface area contributed by atoms with Crippen LogP contribution in [0.15, 0.2) is 0 Å². The molecule has 0 spiro atoms.